The highest BCUT2D eigenvalue weighted by Gasteiger charge is 1.90. The average Bonchev–Trinajstić information content (AvgIpc) is 2.01. The van der Waals surface area contributed by atoms with Crippen LogP contribution in [-0.4, -0.2) is 6.61 Å². The van der Waals surface area contributed by atoms with Crippen molar-refractivity contribution in [3.63, 3.8) is 0 Å². The van der Waals surface area contributed by atoms with Gasteiger partial charge in [-0.05, 0) is 31.0 Å². The molecule has 1 radical (unpaired) electrons. The monoisotopic (exact) mass is 149 g/mol. The highest BCUT2D eigenvalue weighted by Crippen LogP contribution is 2.11. The molecule has 0 atom stereocenters. The SMILES string of the molecule is [CH2]c1cccc(OCCC)c1. The summed E-state index contributed by atoms with van der Waals surface area (Å²) in [6, 6.07) is 7.80. The van der Waals surface area contributed by atoms with E-state index >= 15 is 0 Å². The molecule has 0 unspecified atom stereocenters. The highest BCUT2D eigenvalue weighted by molar-refractivity contribution is 5.29. The molecule has 1 rings (SSSR count). The number of hydrogen-bond acceptors (Lipinski definition) is 1. The Hall–Kier alpha value is -0.980. The zero-order valence-corrected chi connectivity index (χ0v) is 6.84. The van der Waals surface area contributed by atoms with Gasteiger partial charge < -0.3 is 4.74 Å². The van der Waals surface area contributed by atoms with Gasteiger partial charge in [0.15, 0.2) is 0 Å². The van der Waals surface area contributed by atoms with E-state index in [1.54, 1.807) is 0 Å². The third kappa shape index (κ3) is 2.62. The Balaban J connectivity index is 2.56. The van der Waals surface area contributed by atoms with E-state index in [-0.39, 0.29) is 0 Å². The second-order valence-electron chi connectivity index (χ2n) is 2.50. The van der Waals surface area contributed by atoms with Crippen LogP contribution < -0.4 is 4.74 Å². The van der Waals surface area contributed by atoms with E-state index in [9.17, 15) is 0 Å². The van der Waals surface area contributed by atoms with Gasteiger partial charge in [-0.25, -0.2) is 0 Å². The second-order valence-corrected chi connectivity index (χ2v) is 2.50. The summed E-state index contributed by atoms with van der Waals surface area (Å²) in [7, 11) is 0. The molecule has 1 aromatic carbocycles. The zero-order chi connectivity index (χ0) is 8.10. The summed E-state index contributed by atoms with van der Waals surface area (Å²) in [5.41, 5.74) is 0.999. The molecule has 0 bridgehead atoms. The Morgan fingerprint density at radius 2 is 2.27 bits per heavy atom. The summed E-state index contributed by atoms with van der Waals surface area (Å²) in [6.45, 7) is 6.68. The predicted molar refractivity (Wildman–Crippen MR) is 46.7 cm³/mol. The topological polar surface area (TPSA) is 9.23 Å². The minimum Gasteiger partial charge on any atom is -0.494 e. The molecule has 0 heterocycles. The molecule has 59 valence electrons. The lowest BCUT2D eigenvalue weighted by atomic mass is 10.2. The molecule has 0 aliphatic rings. The first-order valence-corrected chi connectivity index (χ1v) is 3.87. The highest BCUT2D eigenvalue weighted by atomic mass is 16.5. The molecular formula is C10H13O. The van der Waals surface area contributed by atoms with E-state index in [4.69, 9.17) is 4.74 Å². The second kappa shape index (κ2) is 4.02. The predicted octanol–water partition coefficient (Wildman–Crippen LogP) is 2.66. The molecule has 0 saturated carbocycles. The molecule has 1 heteroatoms. The molecule has 0 aliphatic carbocycles. The van der Waals surface area contributed by atoms with Crippen LogP contribution in [0.2, 0.25) is 0 Å². The van der Waals surface area contributed by atoms with Gasteiger partial charge >= 0.3 is 0 Å². The fourth-order valence-corrected chi connectivity index (χ4v) is 0.855. The smallest absolute Gasteiger partial charge is 0.119 e. The molecular weight excluding hydrogens is 136 g/mol. The van der Waals surface area contributed by atoms with Gasteiger partial charge in [-0.15, -0.1) is 0 Å². The van der Waals surface area contributed by atoms with Crippen LogP contribution in [0.5, 0.6) is 5.75 Å². The van der Waals surface area contributed by atoms with Crippen molar-refractivity contribution in [1.29, 1.82) is 0 Å². The van der Waals surface area contributed by atoms with Gasteiger partial charge in [0, 0.05) is 0 Å². The number of rotatable bonds is 3. The standard InChI is InChI=1S/C10H13O/c1-3-7-11-10-6-4-5-9(2)8-10/h4-6,8H,2-3,7H2,1H3. The van der Waals surface area contributed by atoms with Crippen molar-refractivity contribution in [3.8, 4) is 5.75 Å². The Labute approximate surface area is 68.0 Å². The maximum Gasteiger partial charge on any atom is 0.119 e. The van der Waals surface area contributed by atoms with Gasteiger partial charge in [0.1, 0.15) is 5.75 Å². The first-order valence-electron chi connectivity index (χ1n) is 3.87. The first-order chi connectivity index (χ1) is 5.33. The molecule has 1 nitrogen and oxygen atoms in total. The van der Waals surface area contributed by atoms with E-state index in [1.165, 1.54) is 0 Å². The maximum absolute atomic E-state index is 5.40. The largest absolute Gasteiger partial charge is 0.494 e. The van der Waals surface area contributed by atoms with Gasteiger partial charge in [-0.1, -0.05) is 19.1 Å². The zero-order valence-electron chi connectivity index (χ0n) is 6.84. The normalized spacial score (nSPS) is 9.64. The molecule has 11 heavy (non-hydrogen) atoms. The van der Waals surface area contributed by atoms with Crippen molar-refractivity contribution in [3.05, 3.63) is 36.8 Å². The van der Waals surface area contributed by atoms with Crippen molar-refractivity contribution in [2.45, 2.75) is 13.3 Å². The fraction of sp³-hybridized carbons (Fsp3) is 0.300. The maximum atomic E-state index is 5.40. The van der Waals surface area contributed by atoms with Crippen LogP contribution >= 0.6 is 0 Å². The van der Waals surface area contributed by atoms with Gasteiger partial charge in [0.2, 0.25) is 0 Å². The minimum absolute atomic E-state index is 0.781. The first kappa shape index (κ1) is 8.12. The van der Waals surface area contributed by atoms with Crippen LogP contribution in [-0.2, 0) is 0 Å². The van der Waals surface area contributed by atoms with Crippen LogP contribution in [0, 0.1) is 6.92 Å². The number of benzene rings is 1. The molecule has 0 N–H and O–H groups in total. The molecule has 0 spiro atoms. The van der Waals surface area contributed by atoms with Crippen molar-refractivity contribution in [1.82, 2.24) is 0 Å². The van der Waals surface area contributed by atoms with E-state index in [2.05, 4.69) is 13.8 Å². The number of ether oxygens (including phenoxy) is 1. The minimum atomic E-state index is 0.781. The van der Waals surface area contributed by atoms with E-state index in [1.807, 2.05) is 24.3 Å². The van der Waals surface area contributed by atoms with Crippen LogP contribution in [0.3, 0.4) is 0 Å². The summed E-state index contributed by atoms with van der Waals surface area (Å²) in [4.78, 5) is 0. The Kier molecular flexibility index (Phi) is 2.96. The van der Waals surface area contributed by atoms with Gasteiger partial charge in [0.25, 0.3) is 0 Å². The molecule has 0 amide bonds. The van der Waals surface area contributed by atoms with Crippen molar-refractivity contribution in [2.75, 3.05) is 6.61 Å². The van der Waals surface area contributed by atoms with Crippen LogP contribution in [0.1, 0.15) is 18.9 Å². The third-order valence-electron chi connectivity index (χ3n) is 1.37. The molecule has 0 saturated heterocycles. The summed E-state index contributed by atoms with van der Waals surface area (Å²) < 4.78 is 5.40. The van der Waals surface area contributed by atoms with Gasteiger partial charge in [-0.3, -0.25) is 0 Å². The summed E-state index contributed by atoms with van der Waals surface area (Å²) in [5.74, 6) is 0.916. The van der Waals surface area contributed by atoms with E-state index in [0.717, 1.165) is 24.3 Å². The van der Waals surface area contributed by atoms with Crippen molar-refractivity contribution < 1.29 is 4.74 Å². The molecule has 0 aliphatic heterocycles. The van der Waals surface area contributed by atoms with Gasteiger partial charge in [0.05, 0.1) is 6.61 Å². The summed E-state index contributed by atoms with van der Waals surface area (Å²) in [6.07, 6.45) is 1.04. The average molecular weight is 149 g/mol. The van der Waals surface area contributed by atoms with Crippen LogP contribution in [0.4, 0.5) is 0 Å². The van der Waals surface area contributed by atoms with Crippen molar-refractivity contribution in [2.24, 2.45) is 0 Å². The Morgan fingerprint density at radius 1 is 1.45 bits per heavy atom. The van der Waals surface area contributed by atoms with Gasteiger partial charge in [-0.2, -0.15) is 0 Å². The lowest BCUT2D eigenvalue weighted by Gasteiger charge is -2.03. The lowest BCUT2D eigenvalue weighted by molar-refractivity contribution is 0.317. The van der Waals surface area contributed by atoms with Crippen LogP contribution in [0.15, 0.2) is 24.3 Å². The summed E-state index contributed by atoms with van der Waals surface area (Å²) in [5, 5.41) is 0. The molecule has 0 aromatic heterocycles. The van der Waals surface area contributed by atoms with E-state index < -0.39 is 0 Å². The fourth-order valence-electron chi connectivity index (χ4n) is 0.855. The number of hydrogen-bond donors (Lipinski definition) is 0. The summed E-state index contributed by atoms with van der Waals surface area (Å²) >= 11 is 0. The molecule has 0 fully saturated rings. The molecule has 1 aromatic rings. The van der Waals surface area contributed by atoms with Crippen molar-refractivity contribution >= 4 is 0 Å². The van der Waals surface area contributed by atoms with E-state index in [0.29, 0.717) is 0 Å². The third-order valence-corrected chi connectivity index (χ3v) is 1.37. The lowest BCUT2D eigenvalue weighted by Crippen LogP contribution is -1.94. The Morgan fingerprint density at radius 3 is 2.91 bits per heavy atom. The quantitative estimate of drug-likeness (QED) is 0.642. The Bertz CT molecular complexity index is 218. The van der Waals surface area contributed by atoms with Crippen LogP contribution in [0.25, 0.3) is 0 Å².